The van der Waals surface area contributed by atoms with Gasteiger partial charge in [0.1, 0.15) is 0 Å². The molecule has 7 heteroatoms. The molecule has 0 saturated heterocycles. The summed E-state index contributed by atoms with van der Waals surface area (Å²) >= 11 is 0. The number of carbonyl (C=O) groups excluding carboxylic acids is 2. The largest absolute Gasteiger partial charge is 0.451 e. The second kappa shape index (κ2) is 9.55. The molecule has 0 saturated carbocycles. The van der Waals surface area contributed by atoms with Gasteiger partial charge in [-0.2, -0.15) is 5.10 Å². The first-order valence-electron chi connectivity index (χ1n) is 10.3. The maximum absolute atomic E-state index is 12.5. The van der Waals surface area contributed by atoms with Gasteiger partial charge in [0.05, 0.1) is 11.4 Å². The van der Waals surface area contributed by atoms with E-state index < -0.39 is 18.5 Å². The Kier molecular flexibility index (Phi) is 6.84. The van der Waals surface area contributed by atoms with E-state index in [4.69, 9.17) is 4.74 Å². The summed E-state index contributed by atoms with van der Waals surface area (Å²) < 4.78 is 6.25. The van der Waals surface area contributed by atoms with Crippen molar-refractivity contribution in [2.45, 2.75) is 33.2 Å². The number of hydrogen-bond acceptors (Lipinski definition) is 5. The maximum atomic E-state index is 12.5. The maximum Gasteiger partial charge on any atom is 0.359 e. The van der Waals surface area contributed by atoms with Gasteiger partial charge in [0.25, 0.3) is 11.5 Å². The van der Waals surface area contributed by atoms with Crippen LogP contribution in [0.1, 0.15) is 48.4 Å². The van der Waals surface area contributed by atoms with Crippen LogP contribution in [-0.2, 0) is 23.0 Å². The number of esters is 1. The number of rotatable bonds is 7. The third kappa shape index (κ3) is 5.36. The summed E-state index contributed by atoms with van der Waals surface area (Å²) in [6.07, 6.45) is 1.00. The van der Waals surface area contributed by atoms with Crippen LogP contribution < -0.4 is 10.9 Å². The van der Waals surface area contributed by atoms with Crippen molar-refractivity contribution in [2.75, 3.05) is 6.61 Å². The van der Waals surface area contributed by atoms with Crippen molar-refractivity contribution in [1.82, 2.24) is 15.1 Å². The van der Waals surface area contributed by atoms with Crippen LogP contribution in [0.15, 0.2) is 53.3 Å². The zero-order valence-corrected chi connectivity index (χ0v) is 18.2. The molecule has 0 fully saturated rings. The minimum Gasteiger partial charge on any atom is -0.451 e. The molecule has 0 aliphatic heterocycles. The van der Waals surface area contributed by atoms with Crippen LogP contribution in [0.2, 0.25) is 0 Å². The lowest BCUT2D eigenvalue weighted by Gasteiger charge is -2.15. The van der Waals surface area contributed by atoms with Gasteiger partial charge < -0.3 is 10.1 Å². The summed E-state index contributed by atoms with van der Waals surface area (Å²) in [6, 6.07) is 14.6. The van der Waals surface area contributed by atoms with Crippen molar-refractivity contribution in [3.05, 3.63) is 75.7 Å². The highest BCUT2D eigenvalue weighted by atomic mass is 16.5. The number of ether oxygens (including phenoxy) is 1. The molecule has 0 aliphatic rings. The molecule has 31 heavy (non-hydrogen) atoms. The number of nitrogens with zero attached hydrogens (tertiary/aromatic N) is 2. The topological polar surface area (TPSA) is 90.3 Å². The van der Waals surface area contributed by atoms with Gasteiger partial charge in [0.15, 0.2) is 12.3 Å². The Morgan fingerprint density at radius 2 is 1.68 bits per heavy atom. The molecule has 3 aromatic rings. The average molecular weight is 421 g/mol. The molecular formula is C24H27N3O4. The Bertz CT molecular complexity index is 1150. The van der Waals surface area contributed by atoms with Gasteiger partial charge in [-0.15, -0.1) is 0 Å². The van der Waals surface area contributed by atoms with E-state index in [1.807, 2.05) is 19.1 Å². The molecule has 3 rings (SSSR count). The summed E-state index contributed by atoms with van der Waals surface area (Å²) in [5.74, 6) is -0.592. The fourth-order valence-corrected chi connectivity index (χ4v) is 3.43. The molecule has 1 N–H and O–H groups in total. The van der Waals surface area contributed by atoms with E-state index in [0.29, 0.717) is 16.7 Å². The van der Waals surface area contributed by atoms with E-state index in [1.54, 1.807) is 24.3 Å². The first-order valence-corrected chi connectivity index (χ1v) is 10.3. The van der Waals surface area contributed by atoms with E-state index in [9.17, 15) is 14.4 Å². The molecular weight excluding hydrogens is 394 g/mol. The van der Waals surface area contributed by atoms with Gasteiger partial charge in [0, 0.05) is 12.4 Å². The first-order chi connectivity index (χ1) is 14.8. The van der Waals surface area contributed by atoms with Crippen LogP contribution in [-0.4, -0.2) is 28.3 Å². The molecule has 162 valence electrons. The summed E-state index contributed by atoms with van der Waals surface area (Å²) in [7, 11) is 1.46. The number of fused-ring (bicyclic) bond motifs is 1. The summed E-state index contributed by atoms with van der Waals surface area (Å²) in [5.41, 5.74) is 1.92. The highest BCUT2D eigenvalue weighted by Gasteiger charge is 2.19. The summed E-state index contributed by atoms with van der Waals surface area (Å²) in [4.78, 5) is 37.0. The molecule has 1 aromatic heterocycles. The van der Waals surface area contributed by atoms with Crippen LogP contribution in [0, 0.1) is 5.92 Å². The van der Waals surface area contributed by atoms with E-state index in [-0.39, 0.29) is 17.3 Å². The first kappa shape index (κ1) is 22.2. The van der Waals surface area contributed by atoms with Crippen molar-refractivity contribution in [3.8, 4) is 0 Å². The molecule has 0 unspecified atom stereocenters. The third-order valence-electron chi connectivity index (χ3n) is 4.99. The molecule has 1 heterocycles. The number of nitrogens with one attached hydrogen (secondary N) is 1. The zero-order valence-electron chi connectivity index (χ0n) is 18.2. The predicted octanol–water partition coefficient (Wildman–Crippen LogP) is 3.17. The van der Waals surface area contributed by atoms with Crippen molar-refractivity contribution < 1.29 is 14.3 Å². The van der Waals surface area contributed by atoms with Crippen LogP contribution in [0.5, 0.6) is 0 Å². The highest BCUT2D eigenvalue weighted by Crippen LogP contribution is 2.16. The monoisotopic (exact) mass is 421 g/mol. The Morgan fingerprint density at radius 1 is 1.03 bits per heavy atom. The van der Waals surface area contributed by atoms with Gasteiger partial charge in [0.2, 0.25) is 0 Å². The van der Waals surface area contributed by atoms with Gasteiger partial charge in [-0.3, -0.25) is 9.59 Å². The van der Waals surface area contributed by atoms with E-state index in [2.05, 4.69) is 36.4 Å². The predicted molar refractivity (Wildman–Crippen MR) is 119 cm³/mol. The number of aromatic nitrogens is 2. The number of aryl methyl sites for hydroxylation is 1. The molecule has 7 nitrogen and oxygen atoms in total. The Hall–Kier alpha value is -3.48. The standard InChI is InChI=1S/C24H27N3O4/c1-15(2)13-17-9-11-18(12-10-17)16(3)25-21(28)14-31-24(30)22-19-7-5-6-8-20(19)23(29)27(4)26-22/h5-12,15-16H,13-14H2,1-4H3,(H,25,28)/t16-/m1/s1. The molecule has 1 amide bonds. The van der Waals surface area contributed by atoms with Crippen LogP contribution >= 0.6 is 0 Å². The van der Waals surface area contributed by atoms with Crippen LogP contribution in [0.4, 0.5) is 0 Å². The fraction of sp³-hybridized carbons (Fsp3) is 0.333. The number of amides is 1. The number of hydrogen-bond donors (Lipinski definition) is 1. The summed E-state index contributed by atoms with van der Waals surface area (Å²) in [5, 5.41) is 7.60. The smallest absolute Gasteiger partial charge is 0.359 e. The lowest BCUT2D eigenvalue weighted by Crippen LogP contribution is -2.31. The van der Waals surface area contributed by atoms with Crippen molar-refractivity contribution >= 4 is 22.6 Å². The lowest BCUT2D eigenvalue weighted by molar-refractivity contribution is -0.124. The van der Waals surface area contributed by atoms with E-state index >= 15 is 0 Å². The Labute approximate surface area is 181 Å². The molecule has 1 atom stereocenters. The fourth-order valence-electron chi connectivity index (χ4n) is 3.43. The van der Waals surface area contributed by atoms with Crippen molar-refractivity contribution in [2.24, 2.45) is 13.0 Å². The van der Waals surface area contributed by atoms with E-state index in [0.717, 1.165) is 16.7 Å². The lowest BCUT2D eigenvalue weighted by atomic mass is 10.00. The summed E-state index contributed by atoms with van der Waals surface area (Å²) in [6.45, 7) is 5.78. The van der Waals surface area contributed by atoms with Crippen LogP contribution in [0.25, 0.3) is 10.8 Å². The highest BCUT2D eigenvalue weighted by molar-refractivity contribution is 6.02. The number of benzene rings is 2. The van der Waals surface area contributed by atoms with Gasteiger partial charge in [-0.1, -0.05) is 56.3 Å². The second-order valence-corrected chi connectivity index (χ2v) is 8.03. The minimum atomic E-state index is -0.757. The Morgan fingerprint density at radius 3 is 2.32 bits per heavy atom. The zero-order chi connectivity index (χ0) is 22.5. The second-order valence-electron chi connectivity index (χ2n) is 8.03. The Balaban J connectivity index is 1.62. The molecule has 0 aliphatic carbocycles. The third-order valence-corrected chi connectivity index (χ3v) is 4.99. The number of carbonyl (C=O) groups is 2. The van der Waals surface area contributed by atoms with Crippen molar-refractivity contribution in [3.63, 3.8) is 0 Å². The quantitative estimate of drug-likeness (QED) is 0.592. The molecule has 0 bridgehead atoms. The van der Waals surface area contributed by atoms with Crippen LogP contribution in [0.3, 0.4) is 0 Å². The molecule has 2 aromatic carbocycles. The van der Waals surface area contributed by atoms with Gasteiger partial charge in [-0.05, 0) is 36.5 Å². The normalized spacial score (nSPS) is 12.0. The van der Waals surface area contributed by atoms with Gasteiger partial charge in [-0.25, -0.2) is 9.48 Å². The molecule has 0 radical (unpaired) electrons. The average Bonchev–Trinajstić information content (AvgIpc) is 2.74. The molecule has 0 spiro atoms. The SMILES string of the molecule is CC(C)Cc1ccc([C@@H](C)NC(=O)COC(=O)c2nn(C)c(=O)c3ccccc23)cc1. The van der Waals surface area contributed by atoms with Gasteiger partial charge >= 0.3 is 5.97 Å². The van der Waals surface area contributed by atoms with E-state index in [1.165, 1.54) is 12.6 Å². The minimum absolute atomic E-state index is 0.000658. The van der Waals surface area contributed by atoms with Crippen molar-refractivity contribution in [1.29, 1.82) is 0 Å².